The molecule has 2 rings (SSSR count). The second-order valence-electron chi connectivity index (χ2n) is 4.77. The zero-order valence-corrected chi connectivity index (χ0v) is 11.7. The number of aryl methyl sites for hydroxylation is 2. The van der Waals surface area contributed by atoms with Crippen LogP contribution in [0.2, 0.25) is 0 Å². The summed E-state index contributed by atoms with van der Waals surface area (Å²) in [5, 5.41) is 7.92. The Bertz CT molecular complexity index is 401. The molecule has 1 fully saturated rings. The summed E-state index contributed by atoms with van der Waals surface area (Å²) in [7, 11) is 3.59. The summed E-state index contributed by atoms with van der Waals surface area (Å²) in [4.78, 5) is 0. The normalized spacial score (nSPS) is 24.2. The van der Waals surface area contributed by atoms with Gasteiger partial charge in [0, 0.05) is 19.7 Å². The highest BCUT2D eigenvalue weighted by Gasteiger charge is 2.29. The van der Waals surface area contributed by atoms with Crippen molar-refractivity contribution in [2.45, 2.75) is 38.8 Å². The molecule has 0 bridgehead atoms. The quantitative estimate of drug-likeness (QED) is 0.885. The molecule has 1 saturated heterocycles. The molecule has 2 atom stereocenters. The van der Waals surface area contributed by atoms with Gasteiger partial charge in [0.25, 0.3) is 0 Å². The van der Waals surface area contributed by atoms with Gasteiger partial charge in [-0.15, -0.1) is 0 Å². The Labute approximate surface area is 108 Å². The molecule has 0 saturated carbocycles. The molecule has 5 nitrogen and oxygen atoms in total. The van der Waals surface area contributed by atoms with Crippen LogP contribution in [0.5, 0.6) is 5.88 Å². The van der Waals surface area contributed by atoms with Crippen LogP contribution >= 0.6 is 0 Å². The Balaban J connectivity index is 2.20. The first-order valence-corrected chi connectivity index (χ1v) is 6.59. The van der Waals surface area contributed by atoms with Crippen molar-refractivity contribution in [2.24, 2.45) is 7.05 Å². The van der Waals surface area contributed by atoms with Crippen molar-refractivity contribution in [3.05, 3.63) is 11.3 Å². The first kappa shape index (κ1) is 13.4. The van der Waals surface area contributed by atoms with Gasteiger partial charge in [0.15, 0.2) is 0 Å². The summed E-state index contributed by atoms with van der Waals surface area (Å²) in [5.41, 5.74) is 2.10. The maximum Gasteiger partial charge on any atom is 0.217 e. The number of hydrogen-bond donors (Lipinski definition) is 1. The summed E-state index contributed by atoms with van der Waals surface area (Å²) in [5.74, 6) is 0.814. The third-order valence-electron chi connectivity index (χ3n) is 3.51. The van der Waals surface area contributed by atoms with E-state index >= 15 is 0 Å². The van der Waals surface area contributed by atoms with Crippen LogP contribution in [0.1, 0.15) is 37.1 Å². The molecule has 0 spiro atoms. The van der Waals surface area contributed by atoms with E-state index in [1.807, 2.05) is 14.0 Å². The van der Waals surface area contributed by atoms with E-state index in [4.69, 9.17) is 9.47 Å². The van der Waals surface area contributed by atoms with Gasteiger partial charge in [-0.3, -0.25) is 0 Å². The fraction of sp³-hybridized carbons (Fsp3) is 0.769. The maximum absolute atomic E-state index is 5.90. The van der Waals surface area contributed by atoms with Crippen molar-refractivity contribution in [3.8, 4) is 5.88 Å². The van der Waals surface area contributed by atoms with E-state index in [1.54, 1.807) is 11.8 Å². The molecule has 102 valence electrons. The Morgan fingerprint density at radius 1 is 1.56 bits per heavy atom. The Kier molecular flexibility index (Phi) is 4.24. The Morgan fingerprint density at radius 2 is 2.33 bits per heavy atom. The van der Waals surface area contributed by atoms with Gasteiger partial charge in [-0.05, 0) is 26.3 Å². The second kappa shape index (κ2) is 5.71. The van der Waals surface area contributed by atoms with E-state index < -0.39 is 0 Å². The number of hydrogen-bond acceptors (Lipinski definition) is 4. The van der Waals surface area contributed by atoms with Crippen LogP contribution in [0.3, 0.4) is 0 Å². The second-order valence-corrected chi connectivity index (χ2v) is 4.77. The lowest BCUT2D eigenvalue weighted by Crippen LogP contribution is -2.36. The molecule has 18 heavy (non-hydrogen) atoms. The molecule has 1 aromatic heterocycles. The van der Waals surface area contributed by atoms with Crippen LogP contribution < -0.4 is 10.1 Å². The molecule has 1 aliphatic rings. The highest BCUT2D eigenvalue weighted by atomic mass is 16.5. The van der Waals surface area contributed by atoms with Crippen molar-refractivity contribution in [1.82, 2.24) is 15.1 Å². The van der Waals surface area contributed by atoms with Crippen LogP contribution in [0.4, 0.5) is 0 Å². The molecule has 0 aromatic carbocycles. The molecule has 0 radical (unpaired) electrons. The molecule has 0 amide bonds. The predicted octanol–water partition coefficient (Wildman–Crippen LogP) is 1.57. The molecule has 5 heteroatoms. The molecular formula is C13H23N3O2. The average Bonchev–Trinajstić information content (AvgIpc) is 2.64. The topological polar surface area (TPSA) is 48.3 Å². The van der Waals surface area contributed by atoms with Crippen molar-refractivity contribution in [2.75, 3.05) is 20.3 Å². The SMILES string of the molecule is CCNC1CCOC(c2c(C)nn(C)c2OC)C1. The average molecular weight is 253 g/mol. The standard InChI is InChI=1S/C13H23N3O2/c1-5-14-10-6-7-18-11(8-10)12-9(2)15-16(3)13(12)17-4/h10-11,14H,5-8H2,1-4H3. The van der Waals surface area contributed by atoms with Gasteiger partial charge in [0.05, 0.1) is 24.5 Å². The molecule has 0 aliphatic carbocycles. The molecule has 2 unspecified atom stereocenters. The van der Waals surface area contributed by atoms with Crippen LogP contribution in [0.15, 0.2) is 0 Å². The third-order valence-corrected chi connectivity index (χ3v) is 3.51. The van der Waals surface area contributed by atoms with E-state index in [9.17, 15) is 0 Å². The van der Waals surface area contributed by atoms with Crippen molar-refractivity contribution < 1.29 is 9.47 Å². The highest BCUT2D eigenvalue weighted by molar-refractivity contribution is 5.33. The van der Waals surface area contributed by atoms with Gasteiger partial charge in [0.2, 0.25) is 5.88 Å². The van der Waals surface area contributed by atoms with Crippen LogP contribution in [0, 0.1) is 6.92 Å². The number of rotatable bonds is 4. The minimum absolute atomic E-state index is 0.0893. The minimum Gasteiger partial charge on any atom is -0.481 e. The molecular weight excluding hydrogens is 230 g/mol. The van der Waals surface area contributed by atoms with E-state index in [2.05, 4.69) is 17.3 Å². The fourth-order valence-electron chi connectivity index (χ4n) is 2.74. The van der Waals surface area contributed by atoms with E-state index in [0.29, 0.717) is 6.04 Å². The number of nitrogens with one attached hydrogen (secondary N) is 1. The van der Waals surface area contributed by atoms with Gasteiger partial charge in [-0.2, -0.15) is 5.10 Å². The van der Waals surface area contributed by atoms with Crippen molar-refractivity contribution in [1.29, 1.82) is 0 Å². The molecule has 1 aliphatic heterocycles. The zero-order chi connectivity index (χ0) is 13.1. The highest BCUT2D eigenvalue weighted by Crippen LogP contribution is 2.35. The van der Waals surface area contributed by atoms with Crippen molar-refractivity contribution in [3.63, 3.8) is 0 Å². The predicted molar refractivity (Wildman–Crippen MR) is 69.9 cm³/mol. The van der Waals surface area contributed by atoms with E-state index in [-0.39, 0.29) is 6.10 Å². The first-order valence-electron chi connectivity index (χ1n) is 6.59. The lowest BCUT2D eigenvalue weighted by Gasteiger charge is -2.30. The number of ether oxygens (including phenoxy) is 2. The summed E-state index contributed by atoms with van der Waals surface area (Å²) >= 11 is 0. The lowest BCUT2D eigenvalue weighted by atomic mass is 9.97. The zero-order valence-electron chi connectivity index (χ0n) is 11.7. The number of methoxy groups -OCH3 is 1. The smallest absolute Gasteiger partial charge is 0.217 e. The fourth-order valence-corrected chi connectivity index (χ4v) is 2.74. The molecule has 1 N–H and O–H groups in total. The maximum atomic E-state index is 5.90. The summed E-state index contributed by atoms with van der Waals surface area (Å²) in [6.07, 6.45) is 2.15. The molecule has 1 aromatic rings. The Morgan fingerprint density at radius 3 is 3.00 bits per heavy atom. The summed E-state index contributed by atoms with van der Waals surface area (Å²) < 4.78 is 13.1. The minimum atomic E-state index is 0.0893. The van der Waals surface area contributed by atoms with Crippen LogP contribution in [0.25, 0.3) is 0 Å². The summed E-state index contributed by atoms with van der Waals surface area (Å²) in [6.45, 7) is 5.94. The van der Waals surface area contributed by atoms with Gasteiger partial charge in [0.1, 0.15) is 0 Å². The number of nitrogens with zero attached hydrogens (tertiary/aromatic N) is 2. The van der Waals surface area contributed by atoms with Crippen molar-refractivity contribution >= 4 is 0 Å². The largest absolute Gasteiger partial charge is 0.481 e. The van der Waals surface area contributed by atoms with Gasteiger partial charge >= 0.3 is 0 Å². The molecule has 2 heterocycles. The monoisotopic (exact) mass is 253 g/mol. The lowest BCUT2D eigenvalue weighted by molar-refractivity contribution is -0.00107. The van der Waals surface area contributed by atoms with Crippen LogP contribution in [-0.4, -0.2) is 36.1 Å². The van der Waals surface area contributed by atoms with Gasteiger partial charge in [-0.25, -0.2) is 4.68 Å². The van der Waals surface area contributed by atoms with E-state index in [0.717, 1.165) is 43.1 Å². The van der Waals surface area contributed by atoms with Gasteiger partial charge < -0.3 is 14.8 Å². The first-order chi connectivity index (χ1) is 8.67. The number of aromatic nitrogens is 2. The van der Waals surface area contributed by atoms with E-state index in [1.165, 1.54) is 0 Å². The third kappa shape index (κ3) is 2.52. The summed E-state index contributed by atoms with van der Waals surface area (Å²) in [6, 6.07) is 0.526. The Hall–Kier alpha value is -1.07. The van der Waals surface area contributed by atoms with Gasteiger partial charge in [-0.1, -0.05) is 6.92 Å². The van der Waals surface area contributed by atoms with Crippen LogP contribution in [-0.2, 0) is 11.8 Å².